The molecule has 0 bridgehead atoms. The van der Waals surface area contributed by atoms with Crippen LogP contribution in [0.1, 0.15) is 42.8 Å². The summed E-state index contributed by atoms with van der Waals surface area (Å²) < 4.78 is 0. The number of rotatable bonds is 4. The lowest BCUT2D eigenvalue weighted by Gasteiger charge is -2.23. The van der Waals surface area contributed by atoms with E-state index in [2.05, 4.69) is 5.32 Å². The lowest BCUT2D eigenvalue weighted by Crippen LogP contribution is -2.38. The number of aliphatic hydroxyl groups excluding tert-OH is 1. The third-order valence-corrected chi connectivity index (χ3v) is 2.50. The molecule has 5 heteroatoms. The molecule has 0 saturated carbocycles. The Morgan fingerprint density at radius 1 is 1.44 bits per heavy atom. The molecular weight excluding hydrogens is 232 g/mol. The van der Waals surface area contributed by atoms with Crippen LogP contribution in [-0.2, 0) is 0 Å². The molecule has 5 N–H and O–H groups in total. The van der Waals surface area contributed by atoms with Gasteiger partial charge in [-0.1, -0.05) is 6.07 Å². The van der Waals surface area contributed by atoms with Gasteiger partial charge in [0.15, 0.2) is 0 Å². The zero-order valence-electron chi connectivity index (χ0n) is 10.9. The Balaban J connectivity index is 2.78. The van der Waals surface area contributed by atoms with E-state index in [0.717, 1.165) is 0 Å². The molecule has 1 rings (SSSR count). The summed E-state index contributed by atoms with van der Waals surface area (Å²) in [6.07, 6.45) is -0.753. The molecule has 0 radical (unpaired) electrons. The molecule has 0 aromatic heterocycles. The van der Waals surface area contributed by atoms with Gasteiger partial charge in [-0.05, 0) is 38.5 Å². The quantitative estimate of drug-likeness (QED) is 0.640. The summed E-state index contributed by atoms with van der Waals surface area (Å²) in [4.78, 5) is 10.9. The Kier molecular flexibility index (Phi) is 4.32. The number of hydrogen-bond donors (Lipinski definition) is 4. The molecule has 100 valence electrons. The average molecular weight is 252 g/mol. The first-order valence-electron chi connectivity index (χ1n) is 5.76. The molecule has 0 aliphatic heterocycles. The molecule has 1 amide bonds. The van der Waals surface area contributed by atoms with Crippen LogP contribution in [0, 0.1) is 0 Å². The molecule has 0 spiro atoms. The SMILES string of the molecule is CC(C)(C)NCC(O)c1ccc(C(N)=O)c(O)c1. The van der Waals surface area contributed by atoms with E-state index >= 15 is 0 Å². The predicted molar refractivity (Wildman–Crippen MR) is 69.3 cm³/mol. The van der Waals surface area contributed by atoms with Crippen molar-refractivity contribution >= 4 is 5.91 Å². The van der Waals surface area contributed by atoms with E-state index in [1.54, 1.807) is 6.07 Å². The van der Waals surface area contributed by atoms with Gasteiger partial charge in [0, 0.05) is 12.1 Å². The van der Waals surface area contributed by atoms with Crippen molar-refractivity contribution in [1.29, 1.82) is 0 Å². The topological polar surface area (TPSA) is 95.6 Å². The standard InChI is InChI=1S/C13H20N2O3/c1-13(2,3)15-7-11(17)8-4-5-9(12(14)18)10(16)6-8/h4-6,11,15-17H,7H2,1-3H3,(H2,14,18). The van der Waals surface area contributed by atoms with Crippen molar-refractivity contribution in [3.8, 4) is 5.75 Å². The highest BCUT2D eigenvalue weighted by Gasteiger charge is 2.15. The van der Waals surface area contributed by atoms with Crippen LogP contribution in [0.15, 0.2) is 18.2 Å². The average Bonchev–Trinajstić information content (AvgIpc) is 2.24. The van der Waals surface area contributed by atoms with Crippen molar-refractivity contribution in [2.75, 3.05) is 6.54 Å². The van der Waals surface area contributed by atoms with E-state index in [1.807, 2.05) is 20.8 Å². The fourth-order valence-electron chi connectivity index (χ4n) is 1.49. The number of β-amino-alcohol motifs (C(OH)–C–C–N with tert-alkyl or cyclic N) is 1. The Morgan fingerprint density at radius 2 is 2.06 bits per heavy atom. The van der Waals surface area contributed by atoms with Gasteiger partial charge < -0.3 is 21.3 Å². The lowest BCUT2D eigenvalue weighted by atomic mass is 10.0. The normalized spacial score (nSPS) is 13.3. The van der Waals surface area contributed by atoms with Crippen LogP contribution in [0.25, 0.3) is 0 Å². The highest BCUT2D eigenvalue weighted by Crippen LogP contribution is 2.22. The van der Waals surface area contributed by atoms with Crippen LogP contribution in [0.4, 0.5) is 0 Å². The Hall–Kier alpha value is -1.59. The minimum Gasteiger partial charge on any atom is -0.507 e. The molecule has 0 saturated heterocycles. The second kappa shape index (κ2) is 5.37. The van der Waals surface area contributed by atoms with Gasteiger partial charge in [0.05, 0.1) is 11.7 Å². The van der Waals surface area contributed by atoms with Crippen molar-refractivity contribution in [3.05, 3.63) is 29.3 Å². The molecule has 0 fully saturated rings. The van der Waals surface area contributed by atoms with Crippen LogP contribution < -0.4 is 11.1 Å². The summed E-state index contributed by atoms with van der Waals surface area (Å²) in [6, 6.07) is 4.34. The number of phenols is 1. The number of benzene rings is 1. The van der Waals surface area contributed by atoms with Crippen LogP contribution in [0.3, 0.4) is 0 Å². The van der Waals surface area contributed by atoms with Crippen LogP contribution in [0.5, 0.6) is 5.75 Å². The van der Waals surface area contributed by atoms with E-state index < -0.39 is 12.0 Å². The largest absolute Gasteiger partial charge is 0.507 e. The zero-order valence-corrected chi connectivity index (χ0v) is 10.9. The number of carbonyl (C=O) groups excluding carboxylic acids is 1. The van der Waals surface area contributed by atoms with Gasteiger partial charge in [0.25, 0.3) is 5.91 Å². The van der Waals surface area contributed by atoms with Crippen molar-refractivity contribution in [1.82, 2.24) is 5.32 Å². The number of amides is 1. The number of aromatic hydroxyl groups is 1. The number of hydrogen-bond acceptors (Lipinski definition) is 4. The maximum atomic E-state index is 10.9. The first kappa shape index (κ1) is 14.5. The van der Waals surface area contributed by atoms with Gasteiger partial charge in [0.2, 0.25) is 0 Å². The maximum absolute atomic E-state index is 10.9. The number of carbonyl (C=O) groups is 1. The minimum absolute atomic E-state index is 0.0507. The highest BCUT2D eigenvalue weighted by atomic mass is 16.3. The summed E-state index contributed by atoms with van der Waals surface area (Å²) >= 11 is 0. The molecule has 5 nitrogen and oxygen atoms in total. The Labute approximate surface area is 107 Å². The molecule has 0 aliphatic carbocycles. The first-order chi connectivity index (χ1) is 8.20. The first-order valence-corrected chi connectivity index (χ1v) is 5.76. The third kappa shape index (κ3) is 4.01. The van der Waals surface area contributed by atoms with E-state index in [1.165, 1.54) is 12.1 Å². The fourth-order valence-corrected chi connectivity index (χ4v) is 1.49. The van der Waals surface area contributed by atoms with Crippen molar-refractivity contribution < 1.29 is 15.0 Å². The molecule has 1 aromatic carbocycles. The smallest absolute Gasteiger partial charge is 0.252 e. The van der Waals surface area contributed by atoms with Gasteiger partial charge in [-0.3, -0.25) is 4.79 Å². The minimum atomic E-state index is -0.753. The van der Waals surface area contributed by atoms with Gasteiger partial charge in [-0.2, -0.15) is 0 Å². The second-order valence-corrected chi connectivity index (χ2v) is 5.29. The van der Waals surface area contributed by atoms with Gasteiger partial charge >= 0.3 is 0 Å². The van der Waals surface area contributed by atoms with Crippen LogP contribution in [0.2, 0.25) is 0 Å². The molecule has 1 atom stereocenters. The summed E-state index contributed by atoms with van der Waals surface area (Å²) in [5.74, 6) is -0.906. The molecule has 18 heavy (non-hydrogen) atoms. The number of primary amides is 1. The third-order valence-electron chi connectivity index (χ3n) is 2.50. The van der Waals surface area contributed by atoms with Crippen molar-refractivity contribution in [2.45, 2.75) is 32.4 Å². The van der Waals surface area contributed by atoms with Gasteiger partial charge in [0.1, 0.15) is 5.75 Å². The second-order valence-electron chi connectivity index (χ2n) is 5.29. The summed E-state index contributed by atoms with van der Waals surface area (Å²) in [5.41, 5.74) is 5.57. The summed E-state index contributed by atoms with van der Waals surface area (Å²) in [7, 11) is 0. The molecule has 0 heterocycles. The number of nitrogens with one attached hydrogen (secondary N) is 1. The molecular formula is C13H20N2O3. The van der Waals surface area contributed by atoms with Crippen LogP contribution >= 0.6 is 0 Å². The van der Waals surface area contributed by atoms with Crippen LogP contribution in [-0.4, -0.2) is 28.2 Å². The number of nitrogens with two attached hydrogens (primary N) is 1. The monoisotopic (exact) mass is 252 g/mol. The van der Waals surface area contributed by atoms with Crippen molar-refractivity contribution in [3.63, 3.8) is 0 Å². The fraction of sp³-hybridized carbons (Fsp3) is 0.462. The zero-order chi connectivity index (χ0) is 13.9. The Bertz CT molecular complexity index is 438. The number of aliphatic hydroxyl groups is 1. The van der Waals surface area contributed by atoms with E-state index in [4.69, 9.17) is 5.73 Å². The summed E-state index contributed by atoms with van der Waals surface area (Å²) in [5, 5.41) is 22.7. The lowest BCUT2D eigenvalue weighted by molar-refractivity contribution is 0.0997. The maximum Gasteiger partial charge on any atom is 0.252 e. The molecule has 1 aromatic rings. The van der Waals surface area contributed by atoms with E-state index in [-0.39, 0.29) is 16.9 Å². The molecule has 1 unspecified atom stereocenters. The predicted octanol–water partition coefficient (Wildman–Crippen LogP) is 0.913. The van der Waals surface area contributed by atoms with E-state index in [9.17, 15) is 15.0 Å². The Morgan fingerprint density at radius 3 is 2.50 bits per heavy atom. The van der Waals surface area contributed by atoms with Crippen molar-refractivity contribution in [2.24, 2.45) is 5.73 Å². The van der Waals surface area contributed by atoms with E-state index in [0.29, 0.717) is 12.1 Å². The highest BCUT2D eigenvalue weighted by molar-refractivity contribution is 5.95. The molecule has 0 aliphatic rings. The van der Waals surface area contributed by atoms with Gasteiger partial charge in [-0.25, -0.2) is 0 Å². The summed E-state index contributed by atoms with van der Waals surface area (Å²) in [6.45, 7) is 6.34. The van der Waals surface area contributed by atoms with Gasteiger partial charge in [-0.15, -0.1) is 0 Å².